The van der Waals surface area contributed by atoms with Crippen LogP contribution < -0.4 is 9.47 Å². The first-order chi connectivity index (χ1) is 20.7. The number of fused-ring (bicyclic) bond motifs is 5. The van der Waals surface area contributed by atoms with Gasteiger partial charge in [-0.1, -0.05) is 0 Å². The monoisotopic (exact) mass is 662 g/mol. The van der Waals surface area contributed by atoms with E-state index < -0.39 is 46.3 Å². The molecule has 2 aromatic rings. The van der Waals surface area contributed by atoms with Crippen molar-refractivity contribution < 1.29 is 48.3 Å². The highest BCUT2D eigenvalue weighted by Crippen LogP contribution is 2.62. The fraction of sp³-hybridized carbons (Fsp3) is 0.259. The maximum Gasteiger partial charge on any atom is 0.338 e. The molecule has 7 rings (SSSR count). The zero-order valence-corrected chi connectivity index (χ0v) is 25.5. The van der Waals surface area contributed by atoms with Crippen LogP contribution in [0.5, 0.6) is 23.0 Å². The van der Waals surface area contributed by atoms with Gasteiger partial charge in [-0.25, -0.2) is 4.79 Å². The molecule has 2 aromatic carbocycles. The number of piperazine rings is 1. The van der Waals surface area contributed by atoms with Gasteiger partial charge in [0.2, 0.25) is 4.87 Å². The van der Waals surface area contributed by atoms with Crippen molar-refractivity contribution in [2.75, 3.05) is 14.2 Å². The molecule has 4 fully saturated rings. The highest BCUT2D eigenvalue weighted by Gasteiger charge is 2.70. The van der Waals surface area contributed by atoms with Crippen LogP contribution in [0, 0.1) is 0 Å². The Kier molecular flexibility index (Phi) is 7.97. The van der Waals surface area contributed by atoms with Crippen LogP contribution in [0.1, 0.15) is 20.7 Å². The van der Waals surface area contributed by atoms with Crippen molar-refractivity contribution >= 4 is 65.3 Å². The smallest absolute Gasteiger partial charge is 0.338 e. The third-order valence-electron chi connectivity index (χ3n) is 7.25. The summed E-state index contributed by atoms with van der Waals surface area (Å²) in [6, 6.07) is 7.27. The minimum absolute atomic E-state index is 0.0346. The van der Waals surface area contributed by atoms with Gasteiger partial charge < -0.3 is 39.0 Å². The number of aldehydes is 1. The first kappa shape index (κ1) is 29.6. The van der Waals surface area contributed by atoms with E-state index in [1.54, 1.807) is 0 Å². The second-order valence-corrected chi connectivity index (χ2v) is 15.6. The Hall–Kier alpha value is -3.44. The lowest BCUT2D eigenvalue weighted by atomic mass is 10.0. The Labute approximate surface area is 259 Å². The van der Waals surface area contributed by atoms with Gasteiger partial charge in [-0.15, -0.1) is 0 Å². The van der Waals surface area contributed by atoms with Crippen molar-refractivity contribution in [1.29, 1.82) is 0 Å². The predicted molar refractivity (Wildman–Crippen MR) is 160 cm³/mol. The molecular formula is C27H22N2O10S4. The molecule has 5 aliphatic rings. The first-order valence-electron chi connectivity index (χ1n) is 12.5. The Morgan fingerprint density at radius 2 is 1.93 bits per heavy atom. The van der Waals surface area contributed by atoms with Crippen LogP contribution in [0.3, 0.4) is 0 Å². The summed E-state index contributed by atoms with van der Waals surface area (Å²) in [6.45, 7) is 0. The van der Waals surface area contributed by atoms with Gasteiger partial charge in [0.25, 0.3) is 11.8 Å². The zero-order chi connectivity index (χ0) is 30.5. The number of nitrogens with zero attached hydrogens (tertiary/aromatic N) is 2. The van der Waals surface area contributed by atoms with Gasteiger partial charge in [0.15, 0.2) is 28.4 Å². The number of aliphatic hydroxyl groups is 1. The van der Waals surface area contributed by atoms with Gasteiger partial charge in [0.05, 0.1) is 25.2 Å². The molecule has 1 unspecified atom stereocenters. The van der Waals surface area contributed by atoms with Crippen LogP contribution >= 0.6 is 41.2 Å². The molecule has 1 spiro atoms. The largest absolute Gasteiger partial charge is 0.504 e. The summed E-state index contributed by atoms with van der Waals surface area (Å²) in [6.07, 6.45) is 2.02. The summed E-state index contributed by atoms with van der Waals surface area (Å²) in [4.78, 5) is 53.2. The van der Waals surface area contributed by atoms with Crippen LogP contribution in [0.15, 0.2) is 60.6 Å². The fourth-order valence-electron chi connectivity index (χ4n) is 5.19. The molecule has 2 amide bonds. The average Bonchev–Trinajstić information content (AvgIpc) is 3.10. The van der Waals surface area contributed by atoms with Crippen molar-refractivity contribution in [3.8, 4) is 23.0 Å². The molecule has 12 nitrogen and oxygen atoms in total. The van der Waals surface area contributed by atoms with Gasteiger partial charge in [0, 0.05) is 18.2 Å². The van der Waals surface area contributed by atoms with E-state index in [0.29, 0.717) is 6.29 Å². The summed E-state index contributed by atoms with van der Waals surface area (Å²) >= 11 is 0. The van der Waals surface area contributed by atoms with Crippen LogP contribution in [-0.2, 0) is 19.1 Å². The summed E-state index contributed by atoms with van der Waals surface area (Å²) in [5.41, 5.74) is 0.510. The summed E-state index contributed by atoms with van der Waals surface area (Å²) < 4.78 is 22.5. The maximum absolute atomic E-state index is 13.8. The molecule has 0 radical (unpaired) electrons. The average molecular weight is 663 g/mol. The minimum Gasteiger partial charge on any atom is -0.504 e. The van der Waals surface area contributed by atoms with Gasteiger partial charge in [-0.2, -0.15) is 0 Å². The third kappa shape index (κ3) is 4.81. The predicted octanol–water partition coefficient (Wildman–Crippen LogP) is 3.72. The van der Waals surface area contributed by atoms with E-state index in [1.807, 2.05) is 0 Å². The number of carbonyl (C=O) groups is 4. The van der Waals surface area contributed by atoms with Gasteiger partial charge >= 0.3 is 5.97 Å². The Balaban J connectivity index is 1.33. The number of likely N-dealkylation sites (N-methyl/N-ethyl adjacent to an activating group) is 1. The number of amides is 2. The molecular weight excluding hydrogens is 641 g/mol. The quantitative estimate of drug-likeness (QED) is 0.263. The molecule has 0 saturated carbocycles. The summed E-state index contributed by atoms with van der Waals surface area (Å²) in [5, 5.41) is 20.9. The number of esters is 1. The van der Waals surface area contributed by atoms with Crippen LogP contribution in [0.4, 0.5) is 0 Å². The van der Waals surface area contributed by atoms with E-state index in [-0.39, 0.29) is 39.7 Å². The topological polar surface area (TPSA) is 152 Å². The second-order valence-electron chi connectivity index (χ2n) is 9.60. The second kappa shape index (κ2) is 11.6. The minimum atomic E-state index is -1.68. The van der Waals surface area contributed by atoms with E-state index in [9.17, 15) is 29.4 Å². The van der Waals surface area contributed by atoms with Crippen molar-refractivity contribution in [3.63, 3.8) is 0 Å². The fourth-order valence-corrected chi connectivity index (χ4v) is 12.4. The number of rotatable bonds is 6. The molecule has 5 heterocycles. The van der Waals surface area contributed by atoms with E-state index in [4.69, 9.17) is 18.9 Å². The Morgan fingerprint density at radius 3 is 2.70 bits per heavy atom. The number of aromatic hydroxyl groups is 1. The van der Waals surface area contributed by atoms with Gasteiger partial charge in [-0.05, 0) is 83.7 Å². The van der Waals surface area contributed by atoms with E-state index >= 15 is 0 Å². The lowest BCUT2D eigenvalue weighted by molar-refractivity contribution is -0.162. The number of hydrogen-bond acceptors (Lipinski definition) is 14. The molecule has 2 N–H and O–H groups in total. The molecule has 0 aromatic heterocycles. The van der Waals surface area contributed by atoms with E-state index in [1.165, 1.54) is 109 Å². The van der Waals surface area contributed by atoms with Crippen LogP contribution in [0.25, 0.3) is 0 Å². The number of carbonyl (C=O) groups excluding carboxylic acids is 4. The van der Waals surface area contributed by atoms with Crippen LogP contribution in [0.2, 0.25) is 0 Å². The molecule has 43 heavy (non-hydrogen) atoms. The number of phenolic OH excluding ortho intramolecular Hbond substituents is 1. The van der Waals surface area contributed by atoms with E-state index in [0.717, 1.165) is 10.8 Å². The number of benzene rings is 2. The number of ether oxygens (including phenoxy) is 4. The summed E-state index contributed by atoms with van der Waals surface area (Å²) in [5.74, 6) is -1.66. The molecule has 224 valence electrons. The molecule has 0 aliphatic carbocycles. The lowest BCUT2D eigenvalue weighted by Crippen LogP contribution is -2.71. The number of hydrogen-bond donors (Lipinski definition) is 2. The highest BCUT2D eigenvalue weighted by molar-refractivity contribution is 9.26. The lowest BCUT2D eigenvalue weighted by Gasteiger charge is -2.50. The Morgan fingerprint density at radius 1 is 1.12 bits per heavy atom. The van der Waals surface area contributed by atoms with E-state index in [2.05, 4.69) is 0 Å². The van der Waals surface area contributed by atoms with Gasteiger partial charge in [-0.3, -0.25) is 14.4 Å². The third-order valence-corrected chi connectivity index (χ3v) is 14.2. The zero-order valence-electron chi connectivity index (χ0n) is 22.3. The normalized spacial score (nSPS) is 27.7. The molecule has 16 heteroatoms. The van der Waals surface area contributed by atoms with Crippen molar-refractivity contribution in [2.24, 2.45) is 0 Å². The Bertz CT molecular complexity index is 1580. The number of aliphatic hydroxyl groups excluding tert-OH is 1. The first-order valence-corrected chi connectivity index (χ1v) is 17.4. The number of phenols is 1. The molecule has 2 bridgehead atoms. The van der Waals surface area contributed by atoms with Crippen molar-refractivity contribution in [3.05, 3.63) is 71.7 Å². The molecule has 5 atom stereocenters. The number of methoxy groups -OCH3 is 1. The molecule has 5 aliphatic heterocycles. The highest BCUT2D eigenvalue weighted by atomic mass is 33.7. The van der Waals surface area contributed by atoms with Gasteiger partial charge in [0.1, 0.15) is 24.5 Å². The SMILES string of the molecule is COc1ccc(C(=O)O[C@@H]2C=COC=C3[C@H]2N2C(=O)[C@H]4SSSSC2(C(=O)N4C)[C@H]3O)cc1Oc1cc(C=O)ccc1O. The van der Waals surface area contributed by atoms with Crippen molar-refractivity contribution in [1.82, 2.24) is 9.80 Å². The van der Waals surface area contributed by atoms with Crippen LogP contribution in [-0.4, -0.2) is 86.7 Å². The molecule has 4 saturated heterocycles. The van der Waals surface area contributed by atoms with Crippen molar-refractivity contribution in [2.45, 2.75) is 28.5 Å². The summed E-state index contributed by atoms with van der Waals surface area (Å²) in [7, 11) is 7.83. The standard InChI is InChI=1S/C27H22N2O10S4/c1-28-24-23(33)29-21-15(22(32)27(29,26(28)35)41-43-42-40-24)12-37-8-7-18(21)39-25(34)14-4-6-17(36-2)20(10-14)38-19-9-13(11-30)3-5-16(19)31/h3-12,18,21-22,24,31-32H,1-2H3/t18-,21-,22+,24-,27?/m1/s1. The maximum atomic E-state index is 13.8.